The summed E-state index contributed by atoms with van der Waals surface area (Å²) in [5.41, 5.74) is 6.99. The molecule has 18 heavy (non-hydrogen) atoms. The molecule has 4 heteroatoms. The number of nitrogens with two attached hydrogens (primary N) is 1. The first kappa shape index (κ1) is 11.9. The van der Waals surface area contributed by atoms with Gasteiger partial charge in [-0.15, -0.1) is 0 Å². The molecule has 0 radical (unpaired) electrons. The fraction of sp³-hybridized carbons (Fsp3) is 0.643. The van der Waals surface area contributed by atoms with E-state index in [2.05, 4.69) is 20.9 Å². The Morgan fingerprint density at radius 2 is 1.89 bits per heavy atom. The summed E-state index contributed by atoms with van der Waals surface area (Å²) in [6.45, 7) is 7.12. The highest BCUT2D eigenvalue weighted by molar-refractivity contribution is 5.31. The van der Waals surface area contributed by atoms with Crippen molar-refractivity contribution < 1.29 is 0 Å². The monoisotopic (exact) mass is 246 g/mol. The van der Waals surface area contributed by atoms with Crippen LogP contribution in [0.15, 0.2) is 18.3 Å². The molecule has 0 bridgehead atoms. The number of piperazine rings is 1. The Hall–Kier alpha value is -1.13. The largest absolute Gasteiger partial charge is 0.384 e. The molecule has 0 spiro atoms. The Morgan fingerprint density at radius 1 is 1.17 bits per heavy atom. The summed E-state index contributed by atoms with van der Waals surface area (Å²) in [6.07, 6.45) is 4.71. The number of hydrogen-bond acceptors (Lipinski definition) is 4. The second-order valence-electron chi connectivity index (χ2n) is 5.61. The predicted molar refractivity (Wildman–Crippen MR) is 73.1 cm³/mol. The van der Waals surface area contributed by atoms with Crippen molar-refractivity contribution in [1.82, 2.24) is 14.8 Å². The third-order valence-electron chi connectivity index (χ3n) is 3.93. The van der Waals surface area contributed by atoms with Crippen LogP contribution in [-0.4, -0.2) is 47.5 Å². The zero-order chi connectivity index (χ0) is 12.4. The van der Waals surface area contributed by atoms with Gasteiger partial charge in [0.25, 0.3) is 0 Å². The number of nitrogens with zero attached hydrogens (tertiary/aromatic N) is 3. The van der Waals surface area contributed by atoms with Crippen LogP contribution in [0.4, 0.5) is 5.82 Å². The molecule has 0 atom stereocenters. The molecule has 1 saturated carbocycles. The average molecular weight is 246 g/mol. The number of anilines is 1. The van der Waals surface area contributed by atoms with E-state index in [-0.39, 0.29) is 0 Å². The molecule has 2 N–H and O–H groups in total. The topological polar surface area (TPSA) is 45.4 Å². The molecule has 4 nitrogen and oxygen atoms in total. The van der Waals surface area contributed by atoms with E-state index < -0.39 is 0 Å². The van der Waals surface area contributed by atoms with Crippen LogP contribution in [0.25, 0.3) is 0 Å². The molecule has 0 unspecified atom stereocenters. The van der Waals surface area contributed by atoms with Gasteiger partial charge in [0.2, 0.25) is 0 Å². The highest BCUT2D eigenvalue weighted by Gasteiger charge is 2.26. The number of rotatable bonds is 4. The summed E-state index contributed by atoms with van der Waals surface area (Å²) in [4.78, 5) is 9.17. The normalized spacial score (nSPS) is 22.2. The van der Waals surface area contributed by atoms with E-state index in [9.17, 15) is 0 Å². The highest BCUT2D eigenvalue weighted by atomic mass is 15.3. The van der Waals surface area contributed by atoms with Gasteiger partial charge in [-0.2, -0.15) is 0 Å². The van der Waals surface area contributed by atoms with Crippen LogP contribution < -0.4 is 5.73 Å². The van der Waals surface area contributed by atoms with Crippen molar-refractivity contribution in [2.24, 2.45) is 5.92 Å². The van der Waals surface area contributed by atoms with E-state index in [0.717, 1.165) is 12.5 Å². The SMILES string of the molecule is Nc1cc(CN2CCN(CC3CC3)CC2)ccn1. The maximum atomic E-state index is 5.71. The standard InChI is InChI=1S/C14H22N4/c15-14-9-13(3-4-16-14)11-18-7-5-17(6-8-18)10-12-1-2-12/h3-4,9,12H,1-2,5-8,10-11H2,(H2,15,16). The zero-order valence-corrected chi connectivity index (χ0v) is 10.9. The molecular formula is C14H22N4. The first-order chi connectivity index (χ1) is 8.79. The average Bonchev–Trinajstić information content (AvgIpc) is 3.16. The Balaban J connectivity index is 1.47. The Bertz CT molecular complexity index is 395. The van der Waals surface area contributed by atoms with Crippen molar-refractivity contribution in [1.29, 1.82) is 0 Å². The Kier molecular flexibility index (Phi) is 3.48. The smallest absolute Gasteiger partial charge is 0.123 e. The van der Waals surface area contributed by atoms with E-state index in [1.54, 1.807) is 6.20 Å². The maximum Gasteiger partial charge on any atom is 0.123 e. The van der Waals surface area contributed by atoms with Gasteiger partial charge < -0.3 is 10.6 Å². The molecule has 1 aliphatic carbocycles. The Morgan fingerprint density at radius 3 is 2.56 bits per heavy atom. The summed E-state index contributed by atoms with van der Waals surface area (Å²) >= 11 is 0. The quantitative estimate of drug-likeness (QED) is 0.867. The highest BCUT2D eigenvalue weighted by Crippen LogP contribution is 2.29. The van der Waals surface area contributed by atoms with E-state index in [1.807, 2.05) is 6.07 Å². The van der Waals surface area contributed by atoms with Crippen molar-refractivity contribution in [2.45, 2.75) is 19.4 Å². The molecule has 2 aliphatic rings. The fourth-order valence-electron chi connectivity index (χ4n) is 2.65. The van der Waals surface area contributed by atoms with Crippen molar-refractivity contribution >= 4 is 5.82 Å². The summed E-state index contributed by atoms with van der Waals surface area (Å²) in [5.74, 6) is 1.64. The van der Waals surface area contributed by atoms with Crippen LogP contribution in [0.3, 0.4) is 0 Å². The third kappa shape index (κ3) is 3.21. The van der Waals surface area contributed by atoms with E-state index in [1.165, 1.54) is 51.1 Å². The minimum Gasteiger partial charge on any atom is -0.384 e. The van der Waals surface area contributed by atoms with Gasteiger partial charge in [-0.05, 0) is 36.5 Å². The molecule has 1 saturated heterocycles. The molecule has 1 aliphatic heterocycles. The minimum atomic E-state index is 0.625. The lowest BCUT2D eigenvalue weighted by molar-refractivity contribution is 0.123. The number of aromatic nitrogens is 1. The summed E-state index contributed by atoms with van der Waals surface area (Å²) < 4.78 is 0. The Labute approximate surface area is 109 Å². The number of nitrogen functional groups attached to an aromatic ring is 1. The van der Waals surface area contributed by atoms with E-state index >= 15 is 0 Å². The predicted octanol–water partition coefficient (Wildman–Crippen LogP) is 1.19. The zero-order valence-electron chi connectivity index (χ0n) is 10.9. The fourth-order valence-corrected chi connectivity index (χ4v) is 2.65. The second kappa shape index (κ2) is 5.24. The van der Waals surface area contributed by atoms with Gasteiger partial charge in [-0.3, -0.25) is 4.90 Å². The third-order valence-corrected chi connectivity index (χ3v) is 3.93. The van der Waals surface area contributed by atoms with Gasteiger partial charge in [0.15, 0.2) is 0 Å². The first-order valence-corrected chi connectivity index (χ1v) is 6.95. The summed E-state index contributed by atoms with van der Waals surface area (Å²) in [6, 6.07) is 4.05. The molecule has 2 heterocycles. The lowest BCUT2D eigenvalue weighted by atomic mass is 10.2. The van der Waals surface area contributed by atoms with Gasteiger partial charge >= 0.3 is 0 Å². The first-order valence-electron chi connectivity index (χ1n) is 6.95. The molecule has 0 aromatic carbocycles. The van der Waals surface area contributed by atoms with E-state index in [0.29, 0.717) is 5.82 Å². The number of hydrogen-bond donors (Lipinski definition) is 1. The van der Waals surface area contributed by atoms with Crippen LogP contribution in [0.5, 0.6) is 0 Å². The van der Waals surface area contributed by atoms with Crippen molar-refractivity contribution in [2.75, 3.05) is 38.5 Å². The van der Waals surface area contributed by atoms with Gasteiger partial charge in [0.1, 0.15) is 5.82 Å². The molecule has 3 rings (SSSR count). The summed E-state index contributed by atoms with van der Waals surface area (Å²) in [7, 11) is 0. The summed E-state index contributed by atoms with van der Waals surface area (Å²) in [5, 5.41) is 0. The molecule has 2 fully saturated rings. The van der Waals surface area contributed by atoms with Crippen LogP contribution >= 0.6 is 0 Å². The lowest BCUT2D eigenvalue weighted by Gasteiger charge is -2.34. The number of pyridine rings is 1. The van der Waals surface area contributed by atoms with Crippen LogP contribution in [0.1, 0.15) is 18.4 Å². The molecule has 98 valence electrons. The van der Waals surface area contributed by atoms with Crippen molar-refractivity contribution in [3.63, 3.8) is 0 Å². The van der Waals surface area contributed by atoms with Crippen LogP contribution in [0, 0.1) is 5.92 Å². The molecule has 0 amide bonds. The van der Waals surface area contributed by atoms with Crippen molar-refractivity contribution in [3.8, 4) is 0 Å². The lowest BCUT2D eigenvalue weighted by Crippen LogP contribution is -2.46. The maximum absolute atomic E-state index is 5.71. The van der Waals surface area contributed by atoms with Gasteiger partial charge in [0, 0.05) is 45.5 Å². The van der Waals surface area contributed by atoms with Crippen LogP contribution in [0.2, 0.25) is 0 Å². The van der Waals surface area contributed by atoms with Crippen LogP contribution in [-0.2, 0) is 6.54 Å². The van der Waals surface area contributed by atoms with Gasteiger partial charge in [-0.25, -0.2) is 4.98 Å². The molecule has 1 aromatic rings. The van der Waals surface area contributed by atoms with Gasteiger partial charge in [-0.1, -0.05) is 0 Å². The minimum absolute atomic E-state index is 0.625. The second-order valence-corrected chi connectivity index (χ2v) is 5.61. The van der Waals surface area contributed by atoms with Gasteiger partial charge in [0.05, 0.1) is 0 Å². The van der Waals surface area contributed by atoms with E-state index in [4.69, 9.17) is 5.73 Å². The van der Waals surface area contributed by atoms with Crippen molar-refractivity contribution in [3.05, 3.63) is 23.9 Å². The molecule has 1 aromatic heterocycles. The molecular weight excluding hydrogens is 224 g/mol.